The SMILES string of the molecule is CCOC(C)(C(=O)Nc1ccc(OC)c2ncccc12)C1CC1. The molecule has 1 aliphatic carbocycles. The molecule has 0 radical (unpaired) electrons. The van der Waals surface area contributed by atoms with Crippen LogP contribution >= 0.6 is 0 Å². The van der Waals surface area contributed by atoms with Gasteiger partial charge in [-0.3, -0.25) is 9.78 Å². The van der Waals surface area contributed by atoms with Gasteiger partial charge in [-0.2, -0.15) is 0 Å². The van der Waals surface area contributed by atoms with Gasteiger partial charge in [0.1, 0.15) is 16.9 Å². The maximum absolute atomic E-state index is 12.8. The molecule has 1 N–H and O–H groups in total. The van der Waals surface area contributed by atoms with Crippen molar-refractivity contribution in [3.8, 4) is 5.75 Å². The number of carbonyl (C=O) groups is 1. The van der Waals surface area contributed by atoms with Crippen molar-refractivity contribution in [3.05, 3.63) is 30.5 Å². The summed E-state index contributed by atoms with van der Waals surface area (Å²) >= 11 is 0. The zero-order valence-corrected chi connectivity index (χ0v) is 13.8. The average Bonchev–Trinajstić information content (AvgIpc) is 3.40. The minimum atomic E-state index is -0.775. The number of ether oxygens (including phenoxy) is 2. The first-order valence-corrected chi connectivity index (χ1v) is 7.97. The minimum absolute atomic E-state index is 0.0998. The lowest BCUT2D eigenvalue weighted by Gasteiger charge is -2.28. The molecule has 3 rings (SSSR count). The van der Waals surface area contributed by atoms with Crippen LogP contribution in [0.2, 0.25) is 0 Å². The maximum atomic E-state index is 12.8. The highest BCUT2D eigenvalue weighted by molar-refractivity contribution is 6.05. The summed E-state index contributed by atoms with van der Waals surface area (Å²) in [5.41, 5.74) is 0.686. The Labute approximate surface area is 136 Å². The number of benzene rings is 1. The second-order valence-corrected chi connectivity index (χ2v) is 5.98. The predicted molar refractivity (Wildman–Crippen MR) is 89.7 cm³/mol. The van der Waals surface area contributed by atoms with Gasteiger partial charge in [-0.1, -0.05) is 0 Å². The van der Waals surface area contributed by atoms with Crippen molar-refractivity contribution in [1.29, 1.82) is 0 Å². The average molecular weight is 314 g/mol. The maximum Gasteiger partial charge on any atom is 0.256 e. The number of aromatic nitrogens is 1. The third-order valence-electron chi connectivity index (χ3n) is 4.45. The number of nitrogens with one attached hydrogen (secondary N) is 1. The van der Waals surface area contributed by atoms with E-state index in [4.69, 9.17) is 9.47 Å². The number of amides is 1. The van der Waals surface area contributed by atoms with Crippen LogP contribution in [0.1, 0.15) is 26.7 Å². The molecule has 1 atom stereocenters. The van der Waals surface area contributed by atoms with Gasteiger partial charge >= 0.3 is 0 Å². The quantitative estimate of drug-likeness (QED) is 0.888. The number of anilines is 1. The standard InChI is InChI=1S/C18H22N2O3/c1-4-23-18(2,12-7-8-12)17(21)20-14-9-10-15(22-3)16-13(14)6-5-11-19-16/h5-6,9-12H,4,7-8H2,1-3H3,(H,20,21). The molecule has 0 saturated heterocycles. The molecule has 1 aromatic carbocycles. The van der Waals surface area contributed by atoms with Gasteiger partial charge in [-0.15, -0.1) is 0 Å². The van der Waals surface area contributed by atoms with Crippen LogP contribution in [0.25, 0.3) is 10.9 Å². The highest BCUT2D eigenvalue weighted by Gasteiger charge is 2.48. The molecule has 0 aliphatic heterocycles. The van der Waals surface area contributed by atoms with Crippen molar-refractivity contribution in [2.24, 2.45) is 5.92 Å². The van der Waals surface area contributed by atoms with E-state index in [0.717, 1.165) is 29.4 Å². The van der Waals surface area contributed by atoms with Gasteiger partial charge in [0.2, 0.25) is 0 Å². The molecule has 23 heavy (non-hydrogen) atoms. The third-order valence-corrected chi connectivity index (χ3v) is 4.45. The molecule has 5 heteroatoms. The van der Waals surface area contributed by atoms with Crippen molar-refractivity contribution in [2.45, 2.75) is 32.3 Å². The molecular formula is C18H22N2O3. The van der Waals surface area contributed by atoms with E-state index in [1.54, 1.807) is 13.3 Å². The lowest BCUT2D eigenvalue weighted by Crippen LogP contribution is -2.44. The molecule has 1 unspecified atom stereocenters. The molecule has 122 valence electrons. The van der Waals surface area contributed by atoms with Crippen molar-refractivity contribution in [2.75, 3.05) is 19.0 Å². The smallest absolute Gasteiger partial charge is 0.256 e. The van der Waals surface area contributed by atoms with Crippen molar-refractivity contribution in [1.82, 2.24) is 4.98 Å². The van der Waals surface area contributed by atoms with Crippen LogP contribution < -0.4 is 10.1 Å². The van der Waals surface area contributed by atoms with Crippen LogP contribution in [0.4, 0.5) is 5.69 Å². The van der Waals surface area contributed by atoms with Crippen LogP contribution in [0.15, 0.2) is 30.5 Å². The molecule has 0 bridgehead atoms. The van der Waals surface area contributed by atoms with Crippen molar-refractivity contribution in [3.63, 3.8) is 0 Å². The van der Waals surface area contributed by atoms with Gasteiger partial charge in [0.15, 0.2) is 0 Å². The minimum Gasteiger partial charge on any atom is -0.494 e. The zero-order valence-electron chi connectivity index (χ0n) is 13.8. The first kappa shape index (κ1) is 15.7. The van der Waals surface area contributed by atoms with Gasteiger partial charge < -0.3 is 14.8 Å². The second-order valence-electron chi connectivity index (χ2n) is 5.98. The van der Waals surface area contributed by atoms with Crippen molar-refractivity contribution >= 4 is 22.5 Å². The first-order valence-electron chi connectivity index (χ1n) is 7.97. The molecule has 1 aromatic heterocycles. The van der Waals surface area contributed by atoms with Crippen LogP contribution in [-0.4, -0.2) is 30.2 Å². The van der Waals surface area contributed by atoms with E-state index >= 15 is 0 Å². The summed E-state index contributed by atoms with van der Waals surface area (Å²) in [6.45, 7) is 4.32. The van der Waals surface area contributed by atoms with Crippen LogP contribution in [0, 0.1) is 5.92 Å². The van der Waals surface area contributed by atoms with E-state index in [2.05, 4.69) is 10.3 Å². The lowest BCUT2D eigenvalue weighted by molar-refractivity contribution is -0.141. The number of nitrogens with zero attached hydrogens (tertiary/aromatic N) is 1. The van der Waals surface area contributed by atoms with E-state index in [0.29, 0.717) is 18.3 Å². The van der Waals surface area contributed by atoms with Gasteiger partial charge in [0.25, 0.3) is 5.91 Å². The largest absolute Gasteiger partial charge is 0.494 e. The number of carbonyl (C=O) groups excluding carboxylic acids is 1. The number of hydrogen-bond acceptors (Lipinski definition) is 4. The summed E-state index contributed by atoms with van der Waals surface area (Å²) in [6, 6.07) is 7.44. The summed E-state index contributed by atoms with van der Waals surface area (Å²) in [7, 11) is 1.61. The lowest BCUT2D eigenvalue weighted by atomic mass is 9.98. The molecule has 1 aliphatic rings. The summed E-state index contributed by atoms with van der Waals surface area (Å²) in [5, 5.41) is 3.88. The highest BCUT2D eigenvalue weighted by Crippen LogP contribution is 2.43. The number of fused-ring (bicyclic) bond motifs is 1. The van der Waals surface area contributed by atoms with Crippen molar-refractivity contribution < 1.29 is 14.3 Å². The molecule has 2 aromatic rings. The normalized spacial score (nSPS) is 16.8. The molecule has 1 heterocycles. The van der Waals surface area contributed by atoms with E-state index < -0.39 is 5.60 Å². The van der Waals surface area contributed by atoms with E-state index in [1.165, 1.54) is 0 Å². The van der Waals surface area contributed by atoms with Crippen LogP contribution in [0.5, 0.6) is 5.75 Å². The molecule has 1 fully saturated rings. The molecule has 1 amide bonds. The number of hydrogen-bond donors (Lipinski definition) is 1. The molecular weight excluding hydrogens is 292 g/mol. The fourth-order valence-corrected chi connectivity index (χ4v) is 2.97. The fourth-order valence-electron chi connectivity index (χ4n) is 2.97. The summed E-state index contributed by atoms with van der Waals surface area (Å²) in [4.78, 5) is 17.2. The van der Waals surface area contributed by atoms with Gasteiger partial charge in [-0.05, 0) is 56.9 Å². The second kappa shape index (κ2) is 6.16. The predicted octanol–water partition coefficient (Wildman–Crippen LogP) is 3.39. The highest BCUT2D eigenvalue weighted by atomic mass is 16.5. The monoisotopic (exact) mass is 314 g/mol. The Morgan fingerprint density at radius 3 is 2.83 bits per heavy atom. The van der Waals surface area contributed by atoms with E-state index in [9.17, 15) is 4.79 Å². The van der Waals surface area contributed by atoms with Gasteiger partial charge in [0, 0.05) is 18.2 Å². The van der Waals surface area contributed by atoms with E-state index in [-0.39, 0.29) is 5.91 Å². The molecule has 5 nitrogen and oxygen atoms in total. The summed E-state index contributed by atoms with van der Waals surface area (Å²) in [6.07, 6.45) is 3.79. The first-order chi connectivity index (χ1) is 11.1. The topological polar surface area (TPSA) is 60.5 Å². The number of pyridine rings is 1. The number of rotatable bonds is 6. The fraction of sp³-hybridized carbons (Fsp3) is 0.444. The Morgan fingerprint density at radius 1 is 1.39 bits per heavy atom. The third kappa shape index (κ3) is 2.88. The molecule has 0 spiro atoms. The van der Waals surface area contributed by atoms with Crippen LogP contribution in [-0.2, 0) is 9.53 Å². The Balaban J connectivity index is 1.93. The summed E-state index contributed by atoms with van der Waals surface area (Å²) in [5.74, 6) is 0.885. The van der Waals surface area contributed by atoms with Gasteiger partial charge in [-0.25, -0.2) is 0 Å². The van der Waals surface area contributed by atoms with Gasteiger partial charge in [0.05, 0.1) is 12.8 Å². The summed E-state index contributed by atoms with van der Waals surface area (Å²) < 4.78 is 11.1. The van der Waals surface area contributed by atoms with Crippen LogP contribution in [0.3, 0.4) is 0 Å². The molecule has 1 saturated carbocycles. The zero-order chi connectivity index (χ0) is 16.4. The Hall–Kier alpha value is -2.14. The Kier molecular flexibility index (Phi) is 4.22. The Bertz CT molecular complexity index is 727. The Morgan fingerprint density at radius 2 is 2.17 bits per heavy atom. The number of methoxy groups -OCH3 is 1. The van der Waals surface area contributed by atoms with E-state index in [1.807, 2.05) is 38.1 Å².